The van der Waals surface area contributed by atoms with Crippen molar-refractivity contribution in [3.05, 3.63) is 42.3 Å². The number of rotatable bonds is 4. The lowest BCUT2D eigenvalue weighted by molar-refractivity contribution is -0.384. The van der Waals surface area contributed by atoms with E-state index in [9.17, 15) is 18.5 Å². The van der Waals surface area contributed by atoms with Crippen molar-refractivity contribution in [1.82, 2.24) is 4.98 Å². The topological polar surface area (TPSA) is 102 Å². The van der Waals surface area contributed by atoms with Crippen molar-refractivity contribution < 1.29 is 13.3 Å². The minimum absolute atomic E-state index is 0.0931. The normalized spacial score (nSPS) is 11.4. The number of hydrogen-bond donors (Lipinski definition) is 1. The van der Waals surface area contributed by atoms with Gasteiger partial charge in [0, 0.05) is 0 Å². The van der Waals surface area contributed by atoms with Gasteiger partial charge in [-0.15, -0.1) is 0 Å². The van der Waals surface area contributed by atoms with Crippen LogP contribution in [0.3, 0.4) is 0 Å². The summed E-state index contributed by atoms with van der Waals surface area (Å²) in [6.07, 6.45) is 1.41. The van der Waals surface area contributed by atoms with Crippen molar-refractivity contribution >= 4 is 71.3 Å². The van der Waals surface area contributed by atoms with Crippen LogP contribution in [0.2, 0.25) is 10.0 Å². The van der Waals surface area contributed by atoms with E-state index in [1.807, 2.05) is 0 Å². The number of nitro groups is 1. The Kier molecular flexibility index (Phi) is 4.73. The Morgan fingerprint density at radius 1 is 1.38 bits per heavy atom. The number of sulfonamides is 1. The third kappa shape index (κ3) is 3.46. The number of nitrogens with zero attached hydrogens (tertiary/aromatic N) is 2. The SMILES string of the molecule is O=[N+]([O-])c1c(Cl)ccc(S(=O)(=O)Nc2ncc(Br)s2)c1Cl. The molecule has 21 heavy (non-hydrogen) atoms. The summed E-state index contributed by atoms with van der Waals surface area (Å²) in [5.41, 5.74) is -0.665. The smallest absolute Gasteiger partial charge is 0.258 e. The lowest BCUT2D eigenvalue weighted by Crippen LogP contribution is -2.13. The highest BCUT2D eigenvalue weighted by Crippen LogP contribution is 2.38. The average molecular weight is 433 g/mol. The molecule has 2 aromatic rings. The molecule has 0 saturated heterocycles. The van der Waals surface area contributed by atoms with Gasteiger partial charge in [-0.05, 0) is 28.1 Å². The van der Waals surface area contributed by atoms with E-state index in [2.05, 4.69) is 25.6 Å². The Bertz CT molecular complexity index is 824. The van der Waals surface area contributed by atoms with Crippen LogP contribution < -0.4 is 4.72 Å². The van der Waals surface area contributed by atoms with Crippen LogP contribution in [-0.4, -0.2) is 18.3 Å². The first-order valence-corrected chi connectivity index (χ1v) is 8.84. The Morgan fingerprint density at radius 2 is 2.05 bits per heavy atom. The summed E-state index contributed by atoms with van der Waals surface area (Å²) in [5.74, 6) is 0. The summed E-state index contributed by atoms with van der Waals surface area (Å²) in [6, 6.07) is 2.18. The maximum absolute atomic E-state index is 12.2. The monoisotopic (exact) mass is 431 g/mol. The highest BCUT2D eigenvalue weighted by Gasteiger charge is 2.28. The third-order valence-electron chi connectivity index (χ3n) is 2.20. The van der Waals surface area contributed by atoms with E-state index in [0.29, 0.717) is 3.79 Å². The number of aromatic nitrogens is 1. The number of halogens is 3. The first kappa shape index (κ1) is 16.4. The van der Waals surface area contributed by atoms with E-state index in [0.717, 1.165) is 23.5 Å². The van der Waals surface area contributed by atoms with Crippen molar-refractivity contribution in [1.29, 1.82) is 0 Å². The summed E-state index contributed by atoms with van der Waals surface area (Å²) in [7, 11) is -4.12. The fourth-order valence-corrected chi connectivity index (χ4v) is 4.61. The molecule has 0 bridgehead atoms. The zero-order chi connectivity index (χ0) is 15.8. The van der Waals surface area contributed by atoms with E-state index < -0.39 is 30.6 Å². The Hall–Kier alpha value is -0.940. The van der Waals surface area contributed by atoms with Gasteiger partial charge in [-0.2, -0.15) is 0 Å². The molecule has 0 fully saturated rings. The molecule has 0 atom stereocenters. The van der Waals surface area contributed by atoms with Gasteiger partial charge in [-0.3, -0.25) is 14.8 Å². The van der Waals surface area contributed by atoms with Crippen LogP contribution in [0.25, 0.3) is 0 Å². The first-order chi connectivity index (χ1) is 9.72. The van der Waals surface area contributed by atoms with Crippen LogP contribution in [0.5, 0.6) is 0 Å². The van der Waals surface area contributed by atoms with Crippen molar-refractivity contribution in [2.75, 3.05) is 4.72 Å². The van der Waals surface area contributed by atoms with Crippen LogP contribution in [0.4, 0.5) is 10.8 Å². The molecule has 112 valence electrons. The van der Waals surface area contributed by atoms with E-state index in [4.69, 9.17) is 23.2 Å². The van der Waals surface area contributed by atoms with Crippen LogP contribution in [0, 0.1) is 10.1 Å². The molecule has 1 heterocycles. The molecule has 0 saturated carbocycles. The molecule has 12 heteroatoms. The molecule has 0 amide bonds. The molecule has 0 radical (unpaired) electrons. The van der Waals surface area contributed by atoms with Gasteiger partial charge in [0.2, 0.25) is 0 Å². The maximum Gasteiger partial charge on any atom is 0.307 e. The quantitative estimate of drug-likeness (QED) is 0.582. The number of benzene rings is 1. The van der Waals surface area contributed by atoms with Crippen LogP contribution in [0.1, 0.15) is 0 Å². The van der Waals surface area contributed by atoms with E-state index in [-0.39, 0.29) is 10.2 Å². The summed E-state index contributed by atoms with van der Waals surface area (Å²) in [6.45, 7) is 0. The van der Waals surface area contributed by atoms with E-state index in [1.54, 1.807) is 0 Å². The number of thiazole rings is 1. The lowest BCUT2D eigenvalue weighted by atomic mass is 10.3. The predicted octanol–water partition coefficient (Wildman–Crippen LogP) is 3.92. The number of nitrogens with one attached hydrogen (secondary N) is 1. The second-order valence-corrected chi connectivity index (χ2v) is 8.39. The van der Waals surface area contributed by atoms with Gasteiger partial charge in [-0.25, -0.2) is 13.4 Å². The molecule has 0 aliphatic rings. The van der Waals surface area contributed by atoms with Gasteiger partial charge in [0.15, 0.2) is 5.13 Å². The summed E-state index contributed by atoms with van der Waals surface area (Å²) < 4.78 is 27.2. The molecule has 1 aromatic carbocycles. The predicted molar refractivity (Wildman–Crippen MR) is 83.7 cm³/mol. The summed E-state index contributed by atoms with van der Waals surface area (Å²) >= 11 is 15.6. The highest BCUT2D eigenvalue weighted by atomic mass is 79.9. The van der Waals surface area contributed by atoms with Gasteiger partial charge >= 0.3 is 5.69 Å². The summed E-state index contributed by atoms with van der Waals surface area (Å²) in [5, 5.41) is 10.2. The molecule has 0 spiro atoms. The largest absolute Gasteiger partial charge is 0.307 e. The molecule has 0 unspecified atom stereocenters. The first-order valence-electron chi connectivity index (χ1n) is 4.99. The van der Waals surface area contributed by atoms with Gasteiger partial charge < -0.3 is 0 Å². The fourth-order valence-electron chi connectivity index (χ4n) is 1.37. The second-order valence-electron chi connectivity index (χ2n) is 3.54. The maximum atomic E-state index is 12.2. The number of anilines is 1. The number of nitro benzene ring substituents is 1. The molecular formula is C9H4BrCl2N3O4S2. The van der Waals surface area contributed by atoms with Gasteiger partial charge in [0.05, 0.1) is 14.9 Å². The van der Waals surface area contributed by atoms with Crippen molar-refractivity contribution in [2.24, 2.45) is 0 Å². The van der Waals surface area contributed by atoms with Gasteiger partial charge in [0.25, 0.3) is 10.0 Å². The third-order valence-corrected chi connectivity index (χ3v) is 5.90. The average Bonchev–Trinajstić information content (AvgIpc) is 2.72. The van der Waals surface area contributed by atoms with Crippen LogP contribution in [0.15, 0.2) is 27.0 Å². The zero-order valence-corrected chi connectivity index (χ0v) is 14.4. The van der Waals surface area contributed by atoms with Gasteiger partial charge in [-0.1, -0.05) is 34.5 Å². The highest BCUT2D eigenvalue weighted by molar-refractivity contribution is 9.11. The Balaban J connectivity index is 2.50. The standard InChI is InChI=1S/C9H4BrCl2N3O4S2/c10-6-3-13-9(20-6)14-21(18,19)5-2-1-4(11)8(7(5)12)15(16)17/h1-3H,(H,13,14). The van der Waals surface area contributed by atoms with Crippen LogP contribution >= 0.6 is 50.5 Å². The zero-order valence-electron chi connectivity index (χ0n) is 9.71. The second kappa shape index (κ2) is 6.05. The molecule has 1 N–H and O–H groups in total. The fraction of sp³-hybridized carbons (Fsp3) is 0. The molecule has 0 aliphatic carbocycles. The summed E-state index contributed by atoms with van der Waals surface area (Å²) in [4.78, 5) is 13.4. The molecular weight excluding hydrogens is 429 g/mol. The van der Waals surface area contributed by atoms with Crippen molar-refractivity contribution in [2.45, 2.75) is 4.90 Å². The Morgan fingerprint density at radius 3 is 2.57 bits per heavy atom. The minimum Gasteiger partial charge on any atom is -0.258 e. The molecule has 2 rings (SSSR count). The van der Waals surface area contributed by atoms with Crippen LogP contribution in [-0.2, 0) is 10.0 Å². The van der Waals surface area contributed by atoms with Gasteiger partial charge in [0.1, 0.15) is 14.9 Å². The molecule has 0 aliphatic heterocycles. The van der Waals surface area contributed by atoms with E-state index in [1.165, 1.54) is 6.20 Å². The molecule has 1 aromatic heterocycles. The molecule has 7 nitrogen and oxygen atoms in total. The van der Waals surface area contributed by atoms with E-state index >= 15 is 0 Å². The van der Waals surface area contributed by atoms with Crippen molar-refractivity contribution in [3.63, 3.8) is 0 Å². The minimum atomic E-state index is -4.12. The Labute approximate surface area is 141 Å². The number of hydrogen-bond acceptors (Lipinski definition) is 6. The lowest BCUT2D eigenvalue weighted by Gasteiger charge is -2.08. The van der Waals surface area contributed by atoms with Crippen molar-refractivity contribution in [3.8, 4) is 0 Å².